The van der Waals surface area contributed by atoms with Crippen molar-refractivity contribution in [2.75, 3.05) is 5.32 Å². The Kier molecular flexibility index (Phi) is 5.16. The van der Waals surface area contributed by atoms with Crippen LogP contribution in [0.4, 0.5) is 5.69 Å². The van der Waals surface area contributed by atoms with Gasteiger partial charge in [-0.1, -0.05) is 42.5 Å². The molecule has 1 aromatic heterocycles. The number of rotatable bonds is 5. The molecule has 0 atom stereocenters. The van der Waals surface area contributed by atoms with Crippen LogP contribution in [0, 0.1) is 0 Å². The Hall–Kier alpha value is -4.19. The predicted octanol–water partition coefficient (Wildman–Crippen LogP) is 4.18. The molecule has 0 aliphatic rings. The van der Waals surface area contributed by atoms with E-state index in [-0.39, 0.29) is 11.8 Å². The first-order valence-electron chi connectivity index (χ1n) is 9.07. The molecule has 6 nitrogen and oxygen atoms in total. The van der Waals surface area contributed by atoms with E-state index in [1.807, 2.05) is 36.5 Å². The fourth-order valence-corrected chi connectivity index (χ4v) is 2.96. The van der Waals surface area contributed by atoms with Crippen LogP contribution in [-0.4, -0.2) is 23.0 Å². The number of carbonyl (C=O) groups excluding carboxylic acids is 2. The topological polar surface area (TPSA) is 86.3 Å². The molecular formula is C23H18N4O2. The van der Waals surface area contributed by atoms with Crippen molar-refractivity contribution in [1.82, 2.24) is 10.4 Å². The molecule has 0 saturated carbocycles. The molecule has 1 heterocycles. The van der Waals surface area contributed by atoms with Crippen LogP contribution in [0.25, 0.3) is 10.9 Å². The van der Waals surface area contributed by atoms with E-state index >= 15 is 0 Å². The summed E-state index contributed by atoms with van der Waals surface area (Å²) in [6.45, 7) is 0. The summed E-state index contributed by atoms with van der Waals surface area (Å²) in [6.07, 6.45) is 3.43. The predicted molar refractivity (Wildman–Crippen MR) is 114 cm³/mol. The smallest absolute Gasteiger partial charge is 0.271 e. The number of nitrogens with zero attached hydrogens (tertiary/aromatic N) is 1. The molecule has 0 aliphatic carbocycles. The zero-order valence-electron chi connectivity index (χ0n) is 15.4. The molecule has 0 unspecified atom stereocenters. The first kappa shape index (κ1) is 18.2. The van der Waals surface area contributed by atoms with Gasteiger partial charge in [0, 0.05) is 39.5 Å². The molecule has 6 heteroatoms. The van der Waals surface area contributed by atoms with E-state index in [0.717, 1.165) is 16.5 Å². The highest BCUT2D eigenvalue weighted by atomic mass is 16.2. The van der Waals surface area contributed by atoms with Crippen LogP contribution in [0.5, 0.6) is 0 Å². The lowest BCUT2D eigenvalue weighted by Crippen LogP contribution is -2.18. The Morgan fingerprint density at radius 2 is 1.59 bits per heavy atom. The van der Waals surface area contributed by atoms with Crippen LogP contribution in [0.2, 0.25) is 0 Å². The van der Waals surface area contributed by atoms with Gasteiger partial charge < -0.3 is 10.3 Å². The van der Waals surface area contributed by atoms with Gasteiger partial charge in [-0.3, -0.25) is 9.59 Å². The lowest BCUT2D eigenvalue weighted by atomic mass is 10.1. The van der Waals surface area contributed by atoms with Crippen LogP contribution in [0.1, 0.15) is 26.3 Å². The van der Waals surface area contributed by atoms with Crippen LogP contribution < -0.4 is 10.7 Å². The molecular weight excluding hydrogens is 364 g/mol. The van der Waals surface area contributed by atoms with Gasteiger partial charge in [-0.2, -0.15) is 5.10 Å². The van der Waals surface area contributed by atoms with Crippen molar-refractivity contribution in [1.29, 1.82) is 0 Å². The van der Waals surface area contributed by atoms with Gasteiger partial charge in [-0.25, -0.2) is 5.43 Å². The van der Waals surface area contributed by atoms with Gasteiger partial charge in [0.15, 0.2) is 0 Å². The molecule has 0 bridgehead atoms. The maximum absolute atomic E-state index is 12.4. The van der Waals surface area contributed by atoms with Gasteiger partial charge in [0.2, 0.25) is 0 Å². The highest BCUT2D eigenvalue weighted by Crippen LogP contribution is 2.16. The summed E-state index contributed by atoms with van der Waals surface area (Å²) in [5, 5.41) is 7.86. The summed E-state index contributed by atoms with van der Waals surface area (Å²) < 4.78 is 0. The Morgan fingerprint density at radius 3 is 2.45 bits per heavy atom. The van der Waals surface area contributed by atoms with Gasteiger partial charge in [0.05, 0.1) is 6.21 Å². The van der Waals surface area contributed by atoms with E-state index in [9.17, 15) is 9.59 Å². The Labute approximate surface area is 167 Å². The van der Waals surface area contributed by atoms with Crippen LogP contribution in [0.15, 0.2) is 90.2 Å². The maximum atomic E-state index is 12.4. The van der Waals surface area contributed by atoms with E-state index in [1.165, 1.54) is 0 Å². The average Bonchev–Trinajstić information content (AvgIpc) is 3.18. The van der Waals surface area contributed by atoms with Crippen molar-refractivity contribution < 1.29 is 9.59 Å². The second kappa shape index (κ2) is 8.22. The Balaban J connectivity index is 1.42. The molecule has 0 radical (unpaired) electrons. The number of hydrogen-bond donors (Lipinski definition) is 3. The van der Waals surface area contributed by atoms with Crippen LogP contribution in [-0.2, 0) is 0 Å². The van der Waals surface area contributed by atoms with E-state index in [0.29, 0.717) is 16.8 Å². The zero-order valence-corrected chi connectivity index (χ0v) is 15.4. The lowest BCUT2D eigenvalue weighted by molar-refractivity contribution is 0.0953. The zero-order chi connectivity index (χ0) is 20.1. The third-order valence-corrected chi connectivity index (χ3v) is 4.41. The maximum Gasteiger partial charge on any atom is 0.271 e. The molecule has 0 saturated heterocycles. The van der Waals surface area contributed by atoms with E-state index < -0.39 is 0 Å². The molecule has 0 fully saturated rings. The SMILES string of the molecule is O=C(N/N=C/c1c[nH]c2ccccc12)c1cccc(NC(=O)c2ccccc2)c1. The van der Waals surface area contributed by atoms with Crippen molar-refractivity contribution in [2.24, 2.45) is 5.10 Å². The van der Waals surface area contributed by atoms with Gasteiger partial charge in [0.1, 0.15) is 0 Å². The number of hydrazone groups is 1. The summed E-state index contributed by atoms with van der Waals surface area (Å²) in [5.41, 5.74) is 5.88. The van der Waals surface area contributed by atoms with E-state index in [1.54, 1.807) is 54.7 Å². The molecule has 142 valence electrons. The summed E-state index contributed by atoms with van der Waals surface area (Å²) in [6, 6.07) is 23.4. The number of para-hydroxylation sites is 1. The average molecular weight is 382 g/mol. The van der Waals surface area contributed by atoms with Crippen molar-refractivity contribution in [3.05, 3.63) is 102 Å². The molecule has 0 spiro atoms. The summed E-state index contributed by atoms with van der Waals surface area (Å²) in [7, 11) is 0. The number of benzene rings is 3. The first-order valence-corrected chi connectivity index (χ1v) is 9.07. The van der Waals surface area contributed by atoms with Crippen molar-refractivity contribution in [2.45, 2.75) is 0 Å². The van der Waals surface area contributed by atoms with Crippen LogP contribution >= 0.6 is 0 Å². The largest absolute Gasteiger partial charge is 0.361 e. The third kappa shape index (κ3) is 4.22. The number of amides is 2. The minimum Gasteiger partial charge on any atom is -0.361 e. The number of hydrogen-bond acceptors (Lipinski definition) is 3. The van der Waals surface area contributed by atoms with Gasteiger partial charge in [-0.05, 0) is 36.4 Å². The van der Waals surface area contributed by atoms with E-state index in [2.05, 4.69) is 20.8 Å². The first-order chi connectivity index (χ1) is 14.2. The lowest BCUT2D eigenvalue weighted by Gasteiger charge is -2.07. The molecule has 4 rings (SSSR count). The minimum atomic E-state index is -0.364. The fraction of sp³-hybridized carbons (Fsp3) is 0. The van der Waals surface area contributed by atoms with Crippen molar-refractivity contribution in [3.63, 3.8) is 0 Å². The quantitative estimate of drug-likeness (QED) is 0.357. The fourth-order valence-electron chi connectivity index (χ4n) is 2.96. The normalized spacial score (nSPS) is 10.9. The summed E-state index contributed by atoms with van der Waals surface area (Å²) in [4.78, 5) is 27.8. The Morgan fingerprint density at radius 1 is 0.828 bits per heavy atom. The molecule has 3 aromatic carbocycles. The number of fused-ring (bicyclic) bond motifs is 1. The highest BCUT2D eigenvalue weighted by molar-refractivity contribution is 6.05. The second-order valence-corrected chi connectivity index (χ2v) is 6.39. The number of anilines is 1. The third-order valence-electron chi connectivity index (χ3n) is 4.41. The monoisotopic (exact) mass is 382 g/mol. The van der Waals surface area contributed by atoms with E-state index in [4.69, 9.17) is 0 Å². The standard InChI is InChI=1S/C23H18N4O2/c28-22(16-7-2-1-3-8-16)26-19-10-6-9-17(13-19)23(29)27-25-15-18-14-24-21-12-5-4-11-20(18)21/h1-15,24H,(H,26,28)(H,27,29)/b25-15+. The van der Waals surface area contributed by atoms with Crippen molar-refractivity contribution >= 4 is 34.6 Å². The minimum absolute atomic E-state index is 0.236. The number of H-pyrrole nitrogens is 1. The summed E-state index contributed by atoms with van der Waals surface area (Å²) in [5.74, 6) is -0.600. The molecule has 2 amide bonds. The van der Waals surface area contributed by atoms with Gasteiger partial charge in [-0.15, -0.1) is 0 Å². The van der Waals surface area contributed by atoms with Gasteiger partial charge in [0.25, 0.3) is 11.8 Å². The number of nitrogens with one attached hydrogen (secondary N) is 3. The molecule has 0 aliphatic heterocycles. The molecule has 3 N–H and O–H groups in total. The molecule has 4 aromatic rings. The van der Waals surface area contributed by atoms with Crippen LogP contribution in [0.3, 0.4) is 0 Å². The number of carbonyl (C=O) groups is 2. The highest BCUT2D eigenvalue weighted by Gasteiger charge is 2.09. The Bertz CT molecular complexity index is 1200. The molecule has 29 heavy (non-hydrogen) atoms. The summed E-state index contributed by atoms with van der Waals surface area (Å²) >= 11 is 0. The number of aromatic amines is 1. The second-order valence-electron chi connectivity index (χ2n) is 6.39. The van der Waals surface area contributed by atoms with Crippen molar-refractivity contribution in [3.8, 4) is 0 Å². The number of aromatic nitrogens is 1. The van der Waals surface area contributed by atoms with Gasteiger partial charge >= 0.3 is 0 Å².